The minimum Gasteiger partial charge on any atom is -0.445 e. The molecule has 3 rings (SSSR count). The molecule has 7 nitrogen and oxygen atoms in total. The van der Waals surface area contributed by atoms with Crippen LogP contribution in [0.15, 0.2) is 30.3 Å². The van der Waals surface area contributed by atoms with E-state index in [1.165, 1.54) is 4.90 Å². The van der Waals surface area contributed by atoms with E-state index in [9.17, 15) is 13.2 Å². The van der Waals surface area contributed by atoms with Crippen molar-refractivity contribution in [1.29, 1.82) is 0 Å². The van der Waals surface area contributed by atoms with Crippen LogP contribution in [0.5, 0.6) is 0 Å². The van der Waals surface area contributed by atoms with E-state index in [0.29, 0.717) is 32.5 Å². The lowest BCUT2D eigenvalue weighted by Gasteiger charge is -2.40. The van der Waals surface area contributed by atoms with E-state index in [2.05, 4.69) is 0 Å². The van der Waals surface area contributed by atoms with Crippen molar-refractivity contribution in [2.75, 3.05) is 26.2 Å². The van der Waals surface area contributed by atoms with Crippen LogP contribution in [0.25, 0.3) is 0 Å². The first-order chi connectivity index (χ1) is 12.9. The fourth-order valence-electron chi connectivity index (χ4n) is 3.58. The zero-order valence-corrected chi connectivity index (χ0v) is 16.7. The summed E-state index contributed by atoms with van der Waals surface area (Å²) in [7, 11) is -3.50. The minimum atomic E-state index is -3.50. The molecule has 2 fully saturated rings. The number of benzene rings is 1. The maximum absolute atomic E-state index is 13.1. The lowest BCUT2D eigenvalue weighted by molar-refractivity contribution is -0.0176. The molecule has 2 heterocycles. The summed E-state index contributed by atoms with van der Waals surface area (Å²) in [6, 6.07) is 9.26. The Kier molecular flexibility index (Phi) is 6.39. The Morgan fingerprint density at radius 2 is 1.96 bits per heavy atom. The number of hydrogen-bond donors (Lipinski definition) is 0. The number of amides is 1. The van der Waals surface area contributed by atoms with Crippen molar-refractivity contribution < 1.29 is 22.7 Å². The normalized spacial score (nSPS) is 27.3. The maximum Gasteiger partial charge on any atom is 0.410 e. The molecule has 0 aromatic heterocycles. The number of carbonyl (C=O) groups excluding carboxylic acids is 1. The first-order valence-electron chi connectivity index (χ1n) is 9.46. The Hall–Kier alpha value is -1.64. The Bertz CT molecular complexity index is 740. The highest BCUT2D eigenvalue weighted by atomic mass is 32.2. The van der Waals surface area contributed by atoms with Crippen LogP contribution in [0.1, 0.15) is 32.3 Å². The molecule has 0 saturated carbocycles. The zero-order chi connectivity index (χ0) is 19.4. The van der Waals surface area contributed by atoms with Crippen molar-refractivity contribution in [3.05, 3.63) is 35.9 Å². The van der Waals surface area contributed by atoms with Gasteiger partial charge in [0, 0.05) is 25.7 Å². The number of nitrogens with zero attached hydrogens (tertiary/aromatic N) is 2. The van der Waals surface area contributed by atoms with Gasteiger partial charge in [-0.05, 0) is 32.3 Å². The van der Waals surface area contributed by atoms with Crippen molar-refractivity contribution in [2.24, 2.45) is 0 Å². The van der Waals surface area contributed by atoms with E-state index in [0.717, 1.165) is 5.56 Å². The monoisotopic (exact) mass is 396 g/mol. The maximum atomic E-state index is 13.1. The largest absolute Gasteiger partial charge is 0.445 e. The van der Waals surface area contributed by atoms with Crippen LogP contribution in [-0.2, 0) is 26.1 Å². The molecule has 0 bridgehead atoms. The number of sulfonamides is 1. The molecule has 0 N–H and O–H groups in total. The number of rotatable bonds is 4. The van der Waals surface area contributed by atoms with E-state index in [-0.39, 0.29) is 25.3 Å². The van der Waals surface area contributed by atoms with Gasteiger partial charge in [-0.1, -0.05) is 30.3 Å². The van der Waals surface area contributed by atoms with Gasteiger partial charge in [0.2, 0.25) is 10.0 Å². The molecule has 1 aromatic rings. The van der Waals surface area contributed by atoms with Crippen LogP contribution in [0.2, 0.25) is 0 Å². The molecule has 8 heteroatoms. The van der Waals surface area contributed by atoms with Crippen LogP contribution in [-0.4, -0.2) is 67.4 Å². The van der Waals surface area contributed by atoms with E-state index < -0.39 is 21.4 Å². The topological polar surface area (TPSA) is 76.2 Å². The number of morpholine rings is 1. The minimum absolute atomic E-state index is 0.119. The Morgan fingerprint density at radius 1 is 1.22 bits per heavy atom. The molecule has 1 amide bonds. The van der Waals surface area contributed by atoms with E-state index in [1.54, 1.807) is 4.31 Å². The molecule has 2 aliphatic heterocycles. The quantitative estimate of drug-likeness (QED) is 0.780. The second kappa shape index (κ2) is 8.58. The summed E-state index contributed by atoms with van der Waals surface area (Å²) in [6.07, 6.45) is 0.635. The Labute approximate surface area is 161 Å². The number of likely N-dealkylation sites (tertiary alicyclic amines) is 1. The summed E-state index contributed by atoms with van der Waals surface area (Å²) in [5.74, 6) is 0. The Morgan fingerprint density at radius 3 is 2.70 bits per heavy atom. The smallest absolute Gasteiger partial charge is 0.410 e. The van der Waals surface area contributed by atoms with Gasteiger partial charge in [0.05, 0.1) is 18.0 Å². The van der Waals surface area contributed by atoms with Gasteiger partial charge in [-0.2, -0.15) is 4.31 Å². The van der Waals surface area contributed by atoms with Crippen LogP contribution < -0.4 is 0 Å². The van der Waals surface area contributed by atoms with Crippen LogP contribution in [0.3, 0.4) is 0 Å². The summed E-state index contributed by atoms with van der Waals surface area (Å²) in [6.45, 7) is 5.38. The average molecular weight is 397 g/mol. The van der Waals surface area contributed by atoms with E-state index in [4.69, 9.17) is 9.47 Å². The summed E-state index contributed by atoms with van der Waals surface area (Å²) in [5.41, 5.74) is 0.906. The van der Waals surface area contributed by atoms with Gasteiger partial charge in [0.1, 0.15) is 6.61 Å². The molecule has 3 atom stereocenters. The molecule has 2 aliphatic rings. The van der Waals surface area contributed by atoms with Crippen molar-refractivity contribution >= 4 is 16.1 Å². The standard InChI is InChI=1S/C19H28N2O5S/c1-15-13-25-16(2)11-21(15)27(23,24)18-9-6-10-20(12-18)19(22)26-14-17-7-4-3-5-8-17/h3-5,7-8,15-16,18H,6,9-14H2,1-2H3/t15-,16-,18+/m1/s1. The van der Waals surface area contributed by atoms with Crippen molar-refractivity contribution in [1.82, 2.24) is 9.21 Å². The van der Waals surface area contributed by atoms with Gasteiger partial charge in [0.15, 0.2) is 0 Å². The van der Waals surface area contributed by atoms with Gasteiger partial charge in [0.25, 0.3) is 0 Å². The predicted molar refractivity (Wildman–Crippen MR) is 102 cm³/mol. The van der Waals surface area contributed by atoms with Gasteiger partial charge < -0.3 is 14.4 Å². The lowest BCUT2D eigenvalue weighted by Crippen LogP contribution is -2.56. The summed E-state index contributed by atoms with van der Waals surface area (Å²) in [5, 5.41) is -0.594. The summed E-state index contributed by atoms with van der Waals surface area (Å²) in [4.78, 5) is 13.9. The number of piperidine rings is 1. The SMILES string of the molecule is C[C@@H]1CN(S(=O)(=O)[C@H]2CCCN(C(=O)OCc3ccccc3)C2)[C@H](C)CO1. The van der Waals surface area contributed by atoms with Crippen LogP contribution >= 0.6 is 0 Å². The summed E-state index contributed by atoms with van der Waals surface area (Å²) >= 11 is 0. The molecule has 27 heavy (non-hydrogen) atoms. The first-order valence-corrected chi connectivity index (χ1v) is 11.0. The van der Waals surface area contributed by atoms with Crippen LogP contribution in [0, 0.1) is 0 Å². The van der Waals surface area contributed by atoms with Crippen molar-refractivity contribution in [3.63, 3.8) is 0 Å². The highest BCUT2D eigenvalue weighted by Gasteiger charge is 2.41. The molecule has 150 valence electrons. The molecule has 1 aromatic carbocycles. The molecular weight excluding hydrogens is 368 g/mol. The second-order valence-corrected chi connectivity index (χ2v) is 9.52. The van der Waals surface area contributed by atoms with Gasteiger partial charge in [-0.25, -0.2) is 13.2 Å². The fourth-order valence-corrected chi connectivity index (χ4v) is 5.77. The van der Waals surface area contributed by atoms with E-state index >= 15 is 0 Å². The fraction of sp³-hybridized carbons (Fsp3) is 0.632. The van der Waals surface area contributed by atoms with Gasteiger partial charge in [-0.15, -0.1) is 0 Å². The molecule has 0 unspecified atom stereocenters. The predicted octanol–water partition coefficient (Wildman–Crippen LogP) is 2.23. The zero-order valence-electron chi connectivity index (χ0n) is 15.9. The highest BCUT2D eigenvalue weighted by Crippen LogP contribution is 2.25. The second-order valence-electron chi connectivity index (χ2n) is 7.36. The third-order valence-electron chi connectivity index (χ3n) is 5.14. The number of hydrogen-bond acceptors (Lipinski definition) is 5. The number of carbonyl (C=O) groups is 1. The number of ether oxygens (including phenoxy) is 2. The Balaban J connectivity index is 1.61. The molecule has 0 radical (unpaired) electrons. The lowest BCUT2D eigenvalue weighted by atomic mass is 10.1. The molecular formula is C19H28N2O5S. The molecule has 0 aliphatic carbocycles. The first kappa shape index (κ1) is 20.1. The molecule has 2 saturated heterocycles. The highest BCUT2D eigenvalue weighted by molar-refractivity contribution is 7.89. The van der Waals surface area contributed by atoms with Crippen molar-refractivity contribution in [2.45, 2.75) is 50.7 Å². The van der Waals surface area contributed by atoms with Gasteiger partial charge in [-0.3, -0.25) is 0 Å². The summed E-state index contributed by atoms with van der Waals surface area (Å²) < 4.78 is 38.7. The average Bonchev–Trinajstić information content (AvgIpc) is 2.68. The van der Waals surface area contributed by atoms with Crippen LogP contribution in [0.4, 0.5) is 4.79 Å². The van der Waals surface area contributed by atoms with Crippen molar-refractivity contribution in [3.8, 4) is 0 Å². The van der Waals surface area contributed by atoms with E-state index in [1.807, 2.05) is 44.2 Å². The molecule has 0 spiro atoms. The third kappa shape index (κ3) is 4.80. The third-order valence-corrected chi connectivity index (χ3v) is 7.53. The van der Waals surface area contributed by atoms with Gasteiger partial charge >= 0.3 is 6.09 Å².